The summed E-state index contributed by atoms with van der Waals surface area (Å²) in [6.07, 6.45) is 2.98. The highest BCUT2D eigenvalue weighted by atomic mass is 14.9. The van der Waals surface area contributed by atoms with Crippen molar-refractivity contribution in [2.24, 2.45) is 0 Å². The SMILES string of the molecule is CCCNc1ccnc2ccc(-c3ccccc3)cc12. The number of nitrogens with one attached hydrogen (secondary N) is 1. The first kappa shape index (κ1) is 12.7. The lowest BCUT2D eigenvalue weighted by molar-refractivity contribution is 0.981. The fourth-order valence-corrected chi connectivity index (χ4v) is 2.37. The monoisotopic (exact) mass is 262 g/mol. The first-order valence-electron chi connectivity index (χ1n) is 7.06. The second kappa shape index (κ2) is 5.74. The molecule has 3 aromatic rings. The number of hydrogen-bond donors (Lipinski definition) is 1. The molecule has 0 aliphatic carbocycles. The molecule has 0 bridgehead atoms. The van der Waals surface area contributed by atoms with Gasteiger partial charge in [0.1, 0.15) is 0 Å². The molecule has 0 spiro atoms. The van der Waals surface area contributed by atoms with Crippen molar-refractivity contribution in [1.82, 2.24) is 4.98 Å². The molecule has 3 rings (SSSR count). The van der Waals surface area contributed by atoms with Crippen LogP contribution in [0.2, 0.25) is 0 Å². The number of nitrogens with zero attached hydrogens (tertiary/aromatic N) is 1. The zero-order chi connectivity index (χ0) is 13.8. The van der Waals surface area contributed by atoms with Gasteiger partial charge in [0, 0.05) is 23.8 Å². The van der Waals surface area contributed by atoms with Crippen molar-refractivity contribution in [2.45, 2.75) is 13.3 Å². The Morgan fingerprint density at radius 3 is 2.60 bits per heavy atom. The molecule has 0 amide bonds. The Labute approximate surface area is 119 Å². The van der Waals surface area contributed by atoms with Gasteiger partial charge >= 0.3 is 0 Å². The van der Waals surface area contributed by atoms with Gasteiger partial charge in [0.05, 0.1) is 5.52 Å². The molecule has 0 atom stereocenters. The standard InChI is InChI=1S/C18H18N2/c1-2-11-19-18-10-12-20-17-9-8-15(13-16(17)18)14-6-4-3-5-7-14/h3-10,12-13H,2,11H2,1H3,(H,19,20). The average Bonchev–Trinajstić information content (AvgIpc) is 2.53. The Kier molecular flexibility index (Phi) is 3.64. The van der Waals surface area contributed by atoms with E-state index >= 15 is 0 Å². The molecule has 0 aliphatic heterocycles. The van der Waals surface area contributed by atoms with Gasteiger partial charge in [0.15, 0.2) is 0 Å². The normalized spacial score (nSPS) is 10.7. The second-order valence-electron chi connectivity index (χ2n) is 4.88. The molecule has 0 fully saturated rings. The molecule has 2 nitrogen and oxygen atoms in total. The van der Waals surface area contributed by atoms with Crippen molar-refractivity contribution in [3.8, 4) is 11.1 Å². The summed E-state index contributed by atoms with van der Waals surface area (Å²) in [6, 6.07) is 18.9. The zero-order valence-electron chi connectivity index (χ0n) is 11.6. The number of pyridine rings is 1. The van der Waals surface area contributed by atoms with Crippen LogP contribution >= 0.6 is 0 Å². The highest BCUT2D eigenvalue weighted by molar-refractivity contribution is 5.94. The summed E-state index contributed by atoms with van der Waals surface area (Å²) in [5.41, 5.74) is 4.66. The van der Waals surface area contributed by atoms with E-state index in [9.17, 15) is 0 Å². The third-order valence-corrected chi connectivity index (χ3v) is 3.41. The van der Waals surface area contributed by atoms with Gasteiger partial charge in [0.2, 0.25) is 0 Å². The molecule has 1 aromatic heterocycles. The van der Waals surface area contributed by atoms with Crippen molar-refractivity contribution in [1.29, 1.82) is 0 Å². The maximum atomic E-state index is 4.44. The van der Waals surface area contributed by atoms with Gasteiger partial charge in [-0.1, -0.05) is 43.3 Å². The Morgan fingerprint density at radius 1 is 0.950 bits per heavy atom. The molecule has 0 saturated carbocycles. The first-order valence-corrected chi connectivity index (χ1v) is 7.06. The lowest BCUT2D eigenvalue weighted by Crippen LogP contribution is -2.00. The number of rotatable bonds is 4. The Balaban J connectivity index is 2.09. The molecule has 0 unspecified atom stereocenters. The maximum absolute atomic E-state index is 4.44. The molecule has 1 heterocycles. The molecule has 1 N–H and O–H groups in total. The van der Waals surface area contributed by atoms with Gasteiger partial charge in [-0.2, -0.15) is 0 Å². The Bertz CT molecular complexity index is 705. The maximum Gasteiger partial charge on any atom is 0.0723 e. The number of benzene rings is 2. The van der Waals surface area contributed by atoms with E-state index in [2.05, 4.69) is 59.7 Å². The Morgan fingerprint density at radius 2 is 1.80 bits per heavy atom. The van der Waals surface area contributed by atoms with Gasteiger partial charge in [0.25, 0.3) is 0 Å². The van der Waals surface area contributed by atoms with E-state index in [1.165, 1.54) is 16.5 Å². The summed E-state index contributed by atoms with van der Waals surface area (Å²) in [5, 5.41) is 4.66. The molecule has 20 heavy (non-hydrogen) atoms. The topological polar surface area (TPSA) is 24.9 Å². The second-order valence-corrected chi connectivity index (χ2v) is 4.88. The number of aromatic nitrogens is 1. The van der Waals surface area contributed by atoms with E-state index < -0.39 is 0 Å². The summed E-state index contributed by atoms with van der Waals surface area (Å²) in [6.45, 7) is 3.15. The minimum atomic E-state index is 0.981. The highest BCUT2D eigenvalue weighted by Crippen LogP contribution is 2.27. The molecular weight excluding hydrogens is 244 g/mol. The van der Waals surface area contributed by atoms with Crippen LogP contribution in [0.1, 0.15) is 13.3 Å². The fourth-order valence-electron chi connectivity index (χ4n) is 2.37. The van der Waals surface area contributed by atoms with E-state index in [0.29, 0.717) is 0 Å². The largest absolute Gasteiger partial charge is 0.384 e. The quantitative estimate of drug-likeness (QED) is 0.735. The average molecular weight is 262 g/mol. The van der Waals surface area contributed by atoms with Crippen molar-refractivity contribution >= 4 is 16.6 Å². The summed E-state index contributed by atoms with van der Waals surface area (Å²) < 4.78 is 0. The van der Waals surface area contributed by atoms with Crippen LogP contribution in [-0.2, 0) is 0 Å². The zero-order valence-corrected chi connectivity index (χ0v) is 11.6. The summed E-state index contributed by atoms with van der Waals surface area (Å²) in [5.74, 6) is 0. The Hall–Kier alpha value is -2.35. The van der Waals surface area contributed by atoms with E-state index in [-0.39, 0.29) is 0 Å². The van der Waals surface area contributed by atoms with Crippen LogP contribution in [-0.4, -0.2) is 11.5 Å². The lowest BCUT2D eigenvalue weighted by atomic mass is 10.0. The molecule has 0 radical (unpaired) electrons. The van der Waals surface area contributed by atoms with E-state index in [1.54, 1.807) is 0 Å². The van der Waals surface area contributed by atoms with Crippen LogP contribution in [0.15, 0.2) is 60.8 Å². The smallest absolute Gasteiger partial charge is 0.0723 e. The summed E-state index contributed by atoms with van der Waals surface area (Å²) >= 11 is 0. The summed E-state index contributed by atoms with van der Waals surface area (Å²) in [7, 11) is 0. The minimum absolute atomic E-state index is 0.981. The fraction of sp³-hybridized carbons (Fsp3) is 0.167. The molecule has 0 aliphatic rings. The van der Waals surface area contributed by atoms with E-state index in [1.807, 2.05) is 18.3 Å². The summed E-state index contributed by atoms with van der Waals surface area (Å²) in [4.78, 5) is 4.44. The molecule has 0 saturated heterocycles. The van der Waals surface area contributed by atoms with Crippen LogP contribution in [0.4, 0.5) is 5.69 Å². The predicted octanol–water partition coefficient (Wildman–Crippen LogP) is 4.72. The van der Waals surface area contributed by atoms with Crippen molar-refractivity contribution in [3.05, 3.63) is 60.8 Å². The van der Waals surface area contributed by atoms with E-state index in [4.69, 9.17) is 0 Å². The van der Waals surface area contributed by atoms with Gasteiger partial charge in [-0.25, -0.2) is 0 Å². The van der Waals surface area contributed by atoms with Gasteiger partial charge < -0.3 is 5.32 Å². The number of anilines is 1. The van der Waals surface area contributed by atoms with Crippen molar-refractivity contribution in [3.63, 3.8) is 0 Å². The number of hydrogen-bond acceptors (Lipinski definition) is 2. The first-order chi connectivity index (χ1) is 9.88. The lowest BCUT2D eigenvalue weighted by Gasteiger charge is -2.10. The van der Waals surface area contributed by atoms with Crippen LogP contribution < -0.4 is 5.32 Å². The van der Waals surface area contributed by atoms with Gasteiger partial charge in [-0.3, -0.25) is 4.98 Å². The van der Waals surface area contributed by atoms with Gasteiger partial charge in [-0.05, 0) is 35.7 Å². The van der Waals surface area contributed by atoms with Gasteiger partial charge in [-0.15, -0.1) is 0 Å². The molecule has 100 valence electrons. The molecule has 2 aromatic carbocycles. The number of fused-ring (bicyclic) bond motifs is 1. The minimum Gasteiger partial charge on any atom is -0.384 e. The third-order valence-electron chi connectivity index (χ3n) is 3.41. The van der Waals surface area contributed by atoms with Crippen LogP contribution in [0.25, 0.3) is 22.0 Å². The van der Waals surface area contributed by atoms with E-state index in [0.717, 1.165) is 24.2 Å². The molecular formula is C18H18N2. The van der Waals surface area contributed by atoms with Crippen molar-refractivity contribution < 1.29 is 0 Å². The van der Waals surface area contributed by atoms with Crippen LogP contribution in [0.3, 0.4) is 0 Å². The van der Waals surface area contributed by atoms with Crippen LogP contribution in [0.5, 0.6) is 0 Å². The highest BCUT2D eigenvalue weighted by Gasteiger charge is 2.04. The third kappa shape index (κ3) is 2.50. The molecule has 2 heteroatoms. The predicted molar refractivity (Wildman–Crippen MR) is 86.0 cm³/mol. The van der Waals surface area contributed by atoms with Crippen LogP contribution in [0, 0.1) is 0 Å². The van der Waals surface area contributed by atoms with Crippen molar-refractivity contribution in [2.75, 3.05) is 11.9 Å².